The van der Waals surface area contributed by atoms with Gasteiger partial charge in [0, 0.05) is 20.2 Å². The van der Waals surface area contributed by atoms with Crippen molar-refractivity contribution in [3.63, 3.8) is 0 Å². The van der Waals surface area contributed by atoms with Crippen LogP contribution in [0.25, 0.3) is 0 Å². The van der Waals surface area contributed by atoms with Crippen LogP contribution in [0, 0.1) is 0 Å². The first kappa shape index (κ1) is 13.5. The highest BCUT2D eigenvalue weighted by molar-refractivity contribution is 7.89. The molecule has 102 valence electrons. The van der Waals surface area contributed by atoms with Crippen LogP contribution in [0.1, 0.15) is 18.6 Å². The SMILES string of the molecule is COC1CCN(S(=O)(=O)c2ccc(CN)o2)CC1. The summed E-state index contributed by atoms with van der Waals surface area (Å²) in [4.78, 5) is 0. The summed E-state index contributed by atoms with van der Waals surface area (Å²) in [5, 5.41) is -0.0289. The molecular formula is C11H18N2O4S. The number of methoxy groups -OCH3 is 1. The lowest BCUT2D eigenvalue weighted by Gasteiger charge is -2.29. The van der Waals surface area contributed by atoms with Crippen LogP contribution in [0.5, 0.6) is 0 Å². The zero-order valence-corrected chi connectivity index (χ0v) is 11.1. The van der Waals surface area contributed by atoms with Crippen molar-refractivity contribution in [2.75, 3.05) is 20.2 Å². The van der Waals surface area contributed by atoms with Gasteiger partial charge in [0.2, 0.25) is 5.09 Å². The Morgan fingerprint density at radius 2 is 2.11 bits per heavy atom. The standard InChI is InChI=1S/C11H18N2O4S/c1-16-9-4-6-13(7-5-9)18(14,15)11-3-2-10(8-12)17-11/h2-3,9H,4-8,12H2,1H3. The molecule has 2 rings (SSSR count). The first-order valence-electron chi connectivity index (χ1n) is 5.89. The fraction of sp³-hybridized carbons (Fsp3) is 0.636. The number of hydrogen-bond acceptors (Lipinski definition) is 5. The topological polar surface area (TPSA) is 85.8 Å². The van der Waals surface area contributed by atoms with E-state index in [9.17, 15) is 8.42 Å². The van der Waals surface area contributed by atoms with Crippen molar-refractivity contribution in [1.29, 1.82) is 0 Å². The molecule has 0 radical (unpaired) electrons. The Morgan fingerprint density at radius 1 is 1.44 bits per heavy atom. The predicted molar refractivity (Wildman–Crippen MR) is 65.4 cm³/mol. The maximum Gasteiger partial charge on any atom is 0.276 e. The van der Waals surface area contributed by atoms with Crippen LogP contribution in [0.15, 0.2) is 21.6 Å². The summed E-state index contributed by atoms with van der Waals surface area (Å²) in [5.74, 6) is 0.473. The molecule has 2 heterocycles. The average molecular weight is 274 g/mol. The molecule has 0 amide bonds. The van der Waals surface area contributed by atoms with Gasteiger partial charge in [0.15, 0.2) is 0 Å². The van der Waals surface area contributed by atoms with Crippen LogP contribution in [0.3, 0.4) is 0 Å². The third kappa shape index (κ3) is 2.59. The predicted octanol–water partition coefficient (Wildman–Crippen LogP) is 0.538. The van der Waals surface area contributed by atoms with Crippen molar-refractivity contribution in [3.05, 3.63) is 17.9 Å². The van der Waals surface area contributed by atoms with E-state index < -0.39 is 10.0 Å². The van der Waals surface area contributed by atoms with E-state index in [1.807, 2.05) is 0 Å². The minimum absolute atomic E-state index is 0.0289. The van der Waals surface area contributed by atoms with Crippen molar-refractivity contribution in [2.45, 2.75) is 30.6 Å². The molecule has 1 fully saturated rings. The van der Waals surface area contributed by atoms with Gasteiger partial charge in [-0.2, -0.15) is 4.31 Å². The highest BCUT2D eigenvalue weighted by atomic mass is 32.2. The molecule has 0 saturated carbocycles. The van der Waals surface area contributed by atoms with Crippen LogP contribution in [0.4, 0.5) is 0 Å². The third-order valence-electron chi connectivity index (χ3n) is 3.17. The monoisotopic (exact) mass is 274 g/mol. The molecule has 0 aliphatic carbocycles. The number of piperidine rings is 1. The summed E-state index contributed by atoms with van der Waals surface area (Å²) in [6.45, 7) is 1.11. The van der Waals surface area contributed by atoms with Gasteiger partial charge in [-0.25, -0.2) is 8.42 Å². The van der Waals surface area contributed by atoms with Crippen molar-refractivity contribution in [1.82, 2.24) is 4.31 Å². The first-order chi connectivity index (χ1) is 8.57. The Bertz CT molecular complexity index is 489. The molecule has 1 aromatic rings. The van der Waals surface area contributed by atoms with Crippen molar-refractivity contribution >= 4 is 10.0 Å². The second kappa shape index (κ2) is 5.40. The fourth-order valence-corrected chi connectivity index (χ4v) is 3.44. The van der Waals surface area contributed by atoms with E-state index in [1.165, 1.54) is 10.4 Å². The Balaban J connectivity index is 2.12. The second-order valence-corrected chi connectivity index (χ2v) is 6.13. The van der Waals surface area contributed by atoms with Gasteiger partial charge in [-0.15, -0.1) is 0 Å². The number of sulfonamides is 1. The Labute approximate surface area is 107 Å². The van der Waals surface area contributed by atoms with E-state index in [4.69, 9.17) is 14.9 Å². The molecule has 1 saturated heterocycles. The number of nitrogens with zero attached hydrogens (tertiary/aromatic N) is 1. The summed E-state index contributed by atoms with van der Waals surface area (Å²) in [6.07, 6.45) is 1.56. The van der Waals surface area contributed by atoms with Gasteiger partial charge in [-0.05, 0) is 25.0 Å². The Hall–Kier alpha value is -0.890. The number of ether oxygens (including phenoxy) is 1. The Kier molecular flexibility index (Phi) is 4.06. The zero-order chi connectivity index (χ0) is 13.2. The molecular weight excluding hydrogens is 256 g/mol. The van der Waals surface area contributed by atoms with Gasteiger partial charge in [0.1, 0.15) is 5.76 Å². The summed E-state index contributed by atoms with van der Waals surface area (Å²) in [6, 6.07) is 3.05. The quantitative estimate of drug-likeness (QED) is 0.866. The van der Waals surface area contributed by atoms with Crippen LogP contribution >= 0.6 is 0 Å². The minimum Gasteiger partial charge on any atom is -0.447 e. The molecule has 1 aliphatic rings. The van der Waals surface area contributed by atoms with Gasteiger partial charge in [0.05, 0.1) is 12.6 Å². The van der Waals surface area contributed by atoms with Crippen molar-refractivity contribution in [3.8, 4) is 0 Å². The van der Waals surface area contributed by atoms with E-state index in [0.717, 1.165) is 0 Å². The number of hydrogen-bond donors (Lipinski definition) is 1. The first-order valence-corrected chi connectivity index (χ1v) is 7.33. The van der Waals surface area contributed by atoms with Crippen LogP contribution in [0.2, 0.25) is 0 Å². The normalized spacial score (nSPS) is 19.2. The highest BCUT2D eigenvalue weighted by Crippen LogP contribution is 2.23. The number of rotatable bonds is 4. The highest BCUT2D eigenvalue weighted by Gasteiger charge is 2.31. The maximum absolute atomic E-state index is 12.3. The molecule has 0 spiro atoms. The van der Waals surface area contributed by atoms with E-state index in [0.29, 0.717) is 31.7 Å². The van der Waals surface area contributed by atoms with E-state index in [2.05, 4.69) is 0 Å². The van der Waals surface area contributed by atoms with E-state index in [1.54, 1.807) is 13.2 Å². The number of furan rings is 1. The molecule has 0 unspecified atom stereocenters. The van der Waals surface area contributed by atoms with Gasteiger partial charge in [-0.1, -0.05) is 0 Å². The molecule has 1 aliphatic heterocycles. The summed E-state index contributed by atoms with van der Waals surface area (Å²) >= 11 is 0. The average Bonchev–Trinajstić information content (AvgIpc) is 2.88. The minimum atomic E-state index is -3.53. The molecule has 0 bridgehead atoms. The smallest absolute Gasteiger partial charge is 0.276 e. The van der Waals surface area contributed by atoms with Crippen LogP contribution in [-0.2, 0) is 21.3 Å². The molecule has 6 nitrogen and oxygen atoms in total. The lowest BCUT2D eigenvalue weighted by Crippen LogP contribution is -2.40. The molecule has 7 heteroatoms. The summed E-state index contributed by atoms with van der Waals surface area (Å²) in [7, 11) is -1.88. The van der Waals surface area contributed by atoms with Crippen molar-refractivity contribution < 1.29 is 17.6 Å². The van der Waals surface area contributed by atoms with E-state index >= 15 is 0 Å². The lowest BCUT2D eigenvalue weighted by atomic mass is 10.1. The molecule has 18 heavy (non-hydrogen) atoms. The number of nitrogens with two attached hydrogens (primary N) is 1. The fourth-order valence-electron chi connectivity index (χ4n) is 2.04. The van der Waals surface area contributed by atoms with Crippen LogP contribution < -0.4 is 5.73 Å². The van der Waals surface area contributed by atoms with Gasteiger partial charge < -0.3 is 14.9 Å². The van der Waals surface area contributed by atoms with Crippen molar-refractivity contribution in [2.24, 2.45) is 5.73 Å². The zero-order valence-electron chi connectivity index (χ0n) is 10.3. The van der Waals surface area contributed by atoms with Crippen LogP contribution in [-0.4, -0.2) is 39.0 Å². The maximum atomic E-state index is 12.3. The molecule has 1 aromatic heterocycles. The largest absolute Gasteiger partial charge is 0.447 e. The molecule has 0 aromatic carbocycles. The summed E-state index contributed by atoms with van der Waals surface area (Å²) < 4.78 is 36.4. The molecule has 0 atom stereocenters. The third-order valence-corrected chi connectivity index (χ3v) is 4.94. The van der Waals surface area contributed by atoms with E-state index in [-0.39, 0.29) is 17.7 Å². The Morgan fingerprint density at radius 3 is 2.61 bits per heavy atom. The van der Waals surface area contributed by atoms with Gasteiger partial charge >= 0.3 is 0 Å². The van der Waals surface area contributed by atoms with Gasteiger partial charge in [0.25, 0.3) is 10.0 Å². The second-order valence-electron chi connectivity index (χ2n) is 4.26. The molecule has 2 N–H and O–H groups in total. The van der Waals surface area contributed by atoms with Gasteiger partial charge in [-0.3, -0.25) is 0 Å². The summed E-state index contributed by atoms with van der Waals surface area (Å²) in [5.41, 5.74) is 5.40. The lowest BCUT2D eigenvalue weighted by molar-refractivity contribution is 0.0601.